The maximum atomic E-state index is 5.37. The molecule has 3 heterocycles. The summed E-state index contributed by atoms with van der Waals surface area (Å²) in [7, 11) is 0. The Morgan fingerprint density at radius 1 is 1.19 bits per heavy atom. The van der Waals surface area contributed by atoms with Crippen LogP contribution in [0.2, 0.25) is 0 Å². The summed E-state index contributed by atoms with van der Waals surface area (Å²) in [6.07, 6.45) is 0. The molecular formula is C15H22N4OS. The maximum Gasteiger partial charge on any atom is 0.138 e. The Bertz CT molecular complexity index is 634. The minimum Gasteiger partial charge on any atom is -0.379 e. The molecule has 0 aromatic carbocycles. The van der Waals surface area contributed by atoms with Gasteiger partial charge in [-0.2, -0.15) is 0 Å². The molecule has 3 rings (SSSR count). The van der Waals surface area contributed by atoms with Gasteiger partial charge in [0.1, 0.15) is 16.5 Å². The first-order chi connectivity index (χ1) is 10.1. The van der Waals surface area contributed by atoms with E-state index in [9.17, 15) is 0 Å². The summed E-state index contributed by atoms with van der Waals surface area (Å²) in [5.41, 5.74) is 1.30. The second-order valence-electron chi connectivity index (χ2n) is 5.46. The van der Waals surface area contributed by atoms with E-state index in [2.05, 4.69) is 34.0 Å². The lowest BCUT2D eigenvalue weighted by Crippen LogP contribution is -2.39. The van der Waals surface area contributed by atoms with Gasteiger partial charge in [-0.25, -0.2) is 9.97 Å². The van der Waals surface area contributed by atoms with Crippen molar-refractivity contribution in [3.63, 3.8) is 0 Å². The Labute approximate surface area is 129 Å². The molecule has 0 aliphatic carbocycles. The molecular weight excluding hydrogens is 284 g/mol. The Morgan fingerprint density at radius 3 is 2.71 bits per heavy atom. The zero-order chi connectivity index (χ0) is 14.8. The topological polar surface area (TPSA) is 50.3 Å². The van der Waals surface area contributed by atoms with Gasteiger partial charge in [0.2, 0.25) is 0 Å². The molecule has 2 aromatic heterocycles. The first kappa shape index (κ1) is 14.7. The molecule has 6 heteroatoms. The molecule has 0 radical (unpaired) electrons. The van der Waals surface area contributed by atoms with E-state index in [-0.39, 0.29) is 0 Å². The van der Waals surface area contributed by atoms with Crippen molar-refractivity contribution in [2.75, 3.05) is 44.7 Å². The molecule has 0 amide bonds. The second-order valence-corrected chi connectivity index (χ2v) is 6.67. The number of rotatable bonds is 4. The van der Waals surface area contributed by atoms with Crippen LogP contribution in [0.1, 0.15) is 16.3 Å². The lowest BCUT2D eigenvalue weighted by molar-refractivity contribution is 0.0398. The normalized spacial score (nSPS) is 16.5. The Kier molecular flexibility index (Phi) is 4.37. The van der Waals surface area contributed by atoms with Crippen LogP contribution in [0, 0.1) is 20.8 Å². The predicted octanol–water partition coefficient (Wildman–Crippen LogP) is 2.36. The van der Waals surface area contributed by atoms with Gasteiger partial charge in [-0.1, -0.05) is 0 Å². The summed E-state index contributed by atoms with van der Waals surface area (Å²) >= 11 is 1.75. The Balaban J connectivity index is 1.73. The summed E-state index contributed by atoms with van der Waals surface area (Å²) in [5, 5.41) is 4.69. The highest BCUT2D eigenvalue weighted by Crippen LogP contribution is 2.33. The quantitative estimate of drug-likeness (QED) is 0.940. The van der Waals surface area contributed by atoms with E-state index in [0.29, 0.717) is 0 Å². The van der Waals surface area contributed by atoms with E-state index in [1.165, 1.54) is 15.8 Å². The molecule has 1 fully saturated rings. The van der Waals surface area contributed by atoms with Crippen molar-refractivity contribution in [3.05, 3.63) is 16.3 Å². The molecule has 1 N–H and O–H groups in total. The van der Waals surface area contributed by atoms with Gasteiger partial charge in [0.05, 0.1) is 18.6 Å². The maximum absolute atomic E-state index is 5.37. The zero-order valence-electron chi connectivity index (χ0n) is 12.9. The summed E-state index contributed by atoms with van der Waals surface area (Å²) in [6.45, 7) is 11.9. The first-order valence-corrected chi connectivity index (χ1v) is 8.25. The molecule has 1 aliphatic heterocycles. The number of hydrogen-bond acceptors (Lipinski definition) is 6. The van der Waals surface area contributed by atoms with Gasteiger partial charge in [-0.05, 0) is 26.3 Å². The van der Waals surface area contributed by atoms with Crippen LogP contribution in [0.15, 0.2) is 0 Å². The van der Waals surface area contributed by atoms with Crippen LogP contribution in [-0.4, -0.2) is 54.3 Å². The number of aryl methyl sites for hydroxylation is 3. The van der Waals surface area contributed by atoms with Crippen LogP contribution in [0.25, 0.3) is 10.2 Å². The summed E-state index contributed by atoms with van der Waals surface area (Å²) < 4.78 is 5.37. The summed E-state index contributed by atoms with van der Waals surface area (Å²) in [5.74, 6) is 1.81. The monoisotopic (exact) mass is 306 g/mol. The van der Waals surface area contributed by atoms with Gasteiger partial charge in [0, 0.05) is 31.1 Å². The molecule has 0 saturated carbocycles. The first-order valence-electron chi connectivity index (χ1n) is 7.43. The van der Waals surface area contributed by atoms with Crippen LogP contribution < -0.4 is 5.32 Å². The van der Waals surface area contributed by atoms with E-state index >= 15 is 0 Å². The van der Waals surface area contributed by atoms with Gasteiger partial charge in [-0.15, -0.1) is 11.3 Å². The van der Waals surface area contributed by atoms with E-state index in [1.54, 1.807) is 11.3 Å². The molecule has 2 aromatic rings. The highest BCUT2D eigenvalue weighted by molar-refractivity contribution is 7.18. The molecule has 0 atom stereocenters. The lowest BCUT2D eigenvalue weighted by atomic mass is 10.2. The largest absolute Gasteiger partial charge is 0.379 e. The highest BCUT2D eigenvalue weighted by Gasteiger charge is 2.14. The minimum absolute atomic E-state index is 0.831. The fourth-order valence-electron chi connectivity index (χ4n) is 2.64. The number of nitrogens with zero attached hydrogens (tertiary/aromatic N) is 3. The zero-order valence-corrected chi connectivity index (χ0v) is 13.7. The number of ether oxygens (including phenoxy) is 1. The SMILES string of the molecule is Cc1nc(NCCN2CCOCC2)c2c(C)c(C)sc2n1. The van der Waals surface area contributed by atoms with E-state index in [1.807, 2.05) is 6.92 Å². The van der Waals surface area contributed by atoms with Crippen LogP contribution in [0.5, 0.6) is 0 Å². The standard InChI is InChI=1S/C15H22N4OS/c1-10-11(2)21-15-13(10)14(17-12(3)18-15)16-4-5-19-6-8-20-9-7-19/h4-9H2,1-3H3,(H,16,17,18). The fourth-order valence-corrected chi connectivity index (χ4v) is 3.72. The number of thiophene rings is 1. The molecule has 0 bridgehead atoms. The molecule has 0 spiro atoms. The molecule has 1 saturated heterocycles. The van der Waals surface area contributed by atoms with Crippen molar-refractivity contribution in [2.24, 2.45) is 0 Å². The van der Waals surface area contributed by atoms with Crippen molar-refractivity contribution in [1.29, 1.82) is 0 Å². The summed E-state index contributed by atoms with van der Waals surface area (Å²) in [6, 6.07) is 0. The van der Waals surface area contributed by atoms with Gasteiger partial charge < -0.3 is 10.1 Å². The second kappa shape index (κ2) is 6.25. The van der Waals surface area contributed by atoms with Crippen molar-refractivity contribution in [3.8, 4) is 0 Å². The van der Waals surface area contributed by atoms with Crippen molar-refractivity contribution >= 4 is 27.4 Å². The number of hydrogen-bond donors (Lipinski definition) is 1. The van der Waals surface area contributed by atoms with Gasteiger partial charge >= 0.3 is 0 Å². The summed E-state index contributed by atoms with van der Waals surface area (Å²) in [4.78, 5) is 14.0. The van der Waals surface area contributed by atoms with Crippen molar-refractivity contribution < 1.29 is 4.74 Å². The van der Waals surface area contributed by atoms with E-state index in [4.69, 9.17) is 4.74 Å². The Morgan fingerprint density at radius 2 is 1.95 bits per heavy atom. The number of nitrogens with one attached hydrogen (secondary N) is 1. The fraction of sp³-hybridized carbons (Fsp3) is 0.600. The van der Waals surface area contributed by atoms with E-state index in [0.717, 1.165) is 55.9 Å². The lowest BCUT2D eigenvalue weighted by Gasteiger charge is -2.26. The molecule has 114 valence electrons. The van der Waals surface area contributed by atoms with Crippen LogP contribution in [-0.2, 0) is 4.74 Å². The highest BCUT2D eigenvalue weighted by atomic mass is 32.1. The average Bonchev–Trinajstić information content (AvgIpc) is 2.75. The molecule has 5 nitrogen and oxygen atoms in total. The smallest absolute Gasteiger partial charge is 0.138 e. The van der Waals surface area contributed by atoms with Crippen molar-refractivity contribution in [2.45, 2.75) is 20.8 Å². The third kappa shape index (κ3) is 3.17. The van der Waals surface area contributed by atoms with Crippen LogP contribution >= 0.6 is 11.3 Å². The molecule has 0 unspecified atom stereocenters. The Hall–Kier alpha value is -1.24. The number of anilines is 1. The third-order valence-electron chi connectivity index (χ3n) is 3.96. The number of fused-ring (bicyclic) bond motifs is 1. The molecule has 21 heavy (non-hydrogen) atoms. The van der Waals surface area contributed by atoms with Gasteiger partial charge in [0.15, 0.2) is 0 Å². The predicted molar refractivity (Wildman–Crippen MR) is 87.4 cm³/mol. The third-order valence-corrected chi connectivity index (χ3v) is 5.07. The molecule has 1 aliphatic rings. The number of aromatic nitrogens is 2. The average molecular weight is 306 g/mol. The van der Waals surface area contributed by atoms with Gasteiger partial charge in [-0.3, -0.25) is 4.90 Å². The van der Waals surface area contributed by atoms with E-state index < -0.39 is 0 Å². The van der Waals surface area contributed by atoms with Gasteiger partial charge in [0.25, 0.3) is 0 Å². The van der Waals surface area contributed by atoms with Crippen molar-refractivity contribution in [1.82, 2.24) is 14.9 Å². The minimum atomic E-state index is 0.831. The van der Waals surface area contributed by atoms with Crippen LogP contribution in [0.4, 0.5) is 5.82 Å². The van der Waals surface area contributed by atoms with Crippen LogP contribution in [0.3, 0.4) is 0 Å². The number of morpholine rings is 1.